The number of aryl methyl sites for hydroxylation is 3. The van der Waals surface area contributed by atoms with Gasteiger partial charge in [-0.05, 0) is 55.5 Å². The van der Waals surface area contributed by atoms with Crippen LogP contribution in [0.15, 0.2) is 48.5 Å². The van der Waals surface area contributed by atoms with Gasteiger partial charge in [0, 0.05) is 31.0 Å². The summed E-state index contributed by atoms with van der Waals surface area (Å²) in [4.78, 5) is 26.7. The molecular weight excluding hydrogens is 408 g/mol. The molecule has 0 radical (unpaired) electrons. The number of nitrogens with zero attached hydrogens (tertiary/aromatic N) is 3. The van der Waals surface area contributed by atoms with Crippen LogP contribution in [0.5, 0.6) is 0 Å². The fourth-order valence-corrected chi connectivity index (χ4v) is 4.81. The van der Waals surface area contributed by atoms with Gasteiger partial charge in [0.25, 0.3) is 0 Å². The summed E-state index contributed by atoms with van der Waals surface area (Å²) in [5, 5.41) is 12.5. The van der Waals surface area contributed by atoms with Crippen LogP contribution in [-0.2, 0) is 16.0 Å². The van der Waals surface area contributed by atoms with Crippen LogP contribution < -0.4 is 10.2 Å². The summed E-state index contributed by atoms with van der Waals surface area (Å²) in [6.45, 7) is 4.66. The monoisotopic (exact) mass is 434 g/mol. The molecule has 1 fully saturated rings. The molecule has 31 heavy (non-hydrogen) atoms. The molecule has 2 amide bonds. The Morgan fingerprint density at radius 3 is 2.61 bits per heavy atom. The molecule has 1 atom stereocenters. The van der Waals surface area contributed by atoms with E-state index in [1.807, 2.05) is 49.1 Å². The normalized spacial score (nSPS) is 16.0. The number of benzene rings is 2. The van der Waals surface area contributed by atoms with Crippen LogP contribution in [0.3, 0.4) is 0 Å². The lowest BCUT2D eigenvalue weighted by molar-refractivity contribution is -0.117. The number of anilines is 2. The highest BCUT2D eigenvalue weighted by atomic mass is 32.1. The van der Waals surface area contributed by atoms with E-state index in [9.17, 15) is 9.59 Å². The minimum Gasteiger partial charge on any atom is -0.312 e. The second-order valence-electron chi connectivity index (χ2n) is 8.08. The van der Waals surface area contributed by atoms with Crippen LogP contribution >= 0.6 is 11.3 Å². The lowest BCUT2D eigenvalue weighted by Gasteiger charge is -2.17. The molecule has 1 aliphatic rings. The van der Waals surface area contributed by atoms with Crippen molar-refractivity contribution in [3.8, 4) is 0 Å². The standard InChI is InChI=1S/C24H26N4O2S/c1-16-11-17(2)13-20(12-16)28-15-19(14-22(28)30)23-26-27-24(31-23)25-21(29)10-6-9-18-7-4-3-5-8-18/h3-5,7-8,11-13,19H,6,9-10,14-15H2,1-2H3,(H,25,27,29)/t19-/m0/s1. The van der Waals surface area contributed by atoms with Gasteiger partial charge >= 0.3 is 0 Å². The first-order valence-electron chi connectivity index (χ1n) is 10.5. The number of carbonyl (C=O) groups is 2. The molecular formula is C24H26N4O2S. The number of carbonyl (C=O) groups excluding carboxylic acids is 2. The Morgan fingerprint density at radius 1 is 1.13 bits per heavy atom. The minimum atomic E-state index is -0.0574. The Balaban J connectivity index is 1.32. The number of nitrogens with one attached hydrogen (secondary N) is 1. The summed E-state index contributed by atoms with van der Waals surface area (Å²) in [5.74, 6) is 0.0317. The quantitative estimate of drug-likeness (QED) is 0.588. The predicted molar refractivity (Wildman–Crippen MR) is 124 cm³/mol. The van der Waals surface area contributed by atoms with Gasteiger partial charge in [-0.3, -0.25) is 9.59 Å². The Morgan fingerprint density at radius 2 is 1.87 bits per heavy atom. The average molecular weight is 435 g/mol. The molecule has 2 heterocycles. The van der Waals surface area contributed by atoms with Gasteiger partial charge < -0.3 is 10.2 Å². The molecule has 2 aromatic carbocycles. The molecule has 0 unspecified atom stereocenters. The molecule has 1 saturated heterocycles. The maximum absolute atomic E-state index is 12.6. The molecule has 0 bridgehead atoms. The molecule has 0 aliphatic carbocycles. The fourth-order valence-electron chi connectivity index (χ4n) is 3.96. The molecule has 0 saturated carbocycles. The first-order chi connectivity index (χ1) is 15.0. The lowest BCUT2D eigenvalue weighted by Crippen LogP contribution is -2.24. The molecule has 0 spiro atoms. The van der Waals surface area contributed by atoms with Gasteiger partial charge in [0.15, 0.2) is 0 Å². The summed E-state index contributed by atoms with van der Waals surface area (Å²) >= 11 is 1.36. The Bertz CT molecular complexity index is 1060. The summed E-state index contributed by atoms with van der Waals surface area (Å²) in [7, 11) is 0. The zero-order valence-corrected chi connectivity index (χ0v) is 18.6. The SMILES string of the molecule is Cc1cc(C)cc(N2C[C@@H](c3nnc(NC(=O)CCCc4ccccc4)s3)CC2=O)c1. The van der Waals surface area contributed by atoms with Gasteiger partial charge in [-0.15, -0.1) is 10.2 Å². The summed E-state index contributed by atoms with van der Waals surface area (Å²) in [6, 6.07) is 16.3. The third-order valence-corrected chi connectivity index (χ3v) is 6.39. The number of amides is 2. The first kappa shape index (κ1) is 21.2. The van der Waals surface area contributed by atoms with Crippen LogP contribution in [0.1, 0.15) is 46.9 Å². The highest BCUT2D eigenvalue weighted by Gasteiger charge is 2.34. The highest BCUT2D eigenvalue weighted by Crippen LogP contribution is 2.34. The topological polar surface area (TPSA) is 75.2 Å². The van der Waals surface area contributed by atoms with Crippen LogP contribution in [0.25, 0.3) is 0 Å². The summed E-state index contributed by atoms with van der Waals surface area (Å²) in [6.07, 6.45) is 2.50. The van der Waals surface area contributed by atoms with E-state index >= 15 is 0 Å². The van der Waals surface area contributed by atoms with E-state index in [2.05, 4.69) is 33.7 Å². The van der Waals surface area contributed by atoms with Crippen LogP contribution in [0.4, 0.5) is 10.8 Å². The van der Waals surface area contributed by atoms with Crippen LogP contribution in [0, 0.1) is 13.8 Å². The zero-order valence-electron chi connectivity index (χ0n) is 17.8. The van der Waals surface area contributed by atoms with Crippen molar-refractivity contribution in [3.05, 3.63) is 70.2 Å². The lowest BCUT2D eigenvalue weighted by atomic mass is 10.1. The van der Waals surface area contributed by atoms with Gasteiger partial charge in [-0.25, -0.2) is 0 Å². The molecule has 4 rings (SSSR count). The second kappa shape index (κ2) is 9.39. The molecule has 1 aromatic heterocycles. The second-order valence-corrected chi connectivity index (χ2v) is 9.09. The highest BCUT2D eigenvalue weighted by molar-refractivity contribution is 7.15. The Hall–Kier alpha value is -3.06. The Kier molecular flexibility index (Phi) is 6.42. The molecule has 160 valence electrons. The molecule has 3 aromatic rings. The fraction of sp³-hybridized carbons (Fsp3) is 0.333. The smallest absolute Gasteiger partial charge is 0.227 e. The third-order valence-electron chi connectivity index (χ3n) is 5.39. The predicted octanol–water partition coefficient (Wildman–Crippen LogP) is 4.64. The van der Waals surface area contributed by atoms with Crippen molar-refractivity contribution in [2.24, 2.45) is 0 Å². The van der Waals surface area contributed by atoms with Crippen molar-refractivity contribution >= 4 is 34.0 Å². The summed E-state index contributed by atoms with van der Waals surface area (Å²) in [5.41, 5.74) is 4.44. The maximum Gasteiger partial charge on any atom is 0.227 e. The largest absolute Gasteiger partial charge is 0.312 e. The van der Waals surface area contributed by atoms with Crippen molar-refractivity contribution in [1.82, 2.24) is 10.2 Å². The van der Waals surface area contributed by atoms with E-state index in [1.54, 1.807) is 0 Å². The number of hydrogen-bond donors (Lipinski definition) is 1. The van der Waals surface area contributed by atoms with Crippen molar-refractivity contribution in [1.29, 1.82) is 0 Å². The van der Waals surface area contributed by atoms with E-state index in [-0.39, 0.29) is 17.7 Å². The van der Waals surface area contributed by atoms with Gasteiger partial charge in [0.1, 0.15) is 5.01 Å². The number of aromatic nitrogens is 2. The Labute approximate surface area is 186 Å². The van der Waals surface area contributed by atoms with Gasteiger partial charge in [-0.1, -0.05) is 47.7 Å². The third kappa shape index (κ3) is 5.35. The maximum atomic E-state index is 12.6. The average Bonchev–Trinajstić information content (AvgIpc) is 3.34. The zero-order chi connectivity index (χ0) is 21.8. The molecule has 6 nitrogen and oxygen atoms in total. The van der Waals surface area contributed by atoms with E-state index in [0.717, 1.165) is 34.7 Å². The van der Waals surface area contributed by atoms with E-state index in [0.29, 0.717) is 24.5 Å². The van der Waals surface area contributed by atoms with E-state index < -0.39 is 0 Å². The minimum absolute atomic E-state index is 0.00505. The van der Waals surface area contributed by atoms with Crippen molar-refractivity contribution in [2.75, 3.05) is 16.8 Å². The van der Waals surface area contributed by atoms with E-state index in [4.69, 9.17) is 0 Å². The van der Waals surface area contributed by atoms with Crippen molar-refractivity contribution < 1.29 is 9.59 Å². The molecule has 7 heteroatoms. The number of hydrogen-bond acceptors (Lipinski definition) is 5. The number of rotatable bonds is 7. The first-order valence-corrected chi connectivity index (χ1v) is 11.4. The van der Waals surface area contributed by atoms with Crippen molar-refractivity contribution in [2.45, 2.75) is 45.4 Å². The van der Waals surface area contributed by atoms with Crippen LogP contribution in [0.2, 0.25) is 0 Å². The molecule has 1 N–H and O–H groups in total. The summed E-state index contributed by atoms with van der Waals surface area (Å²) < 4.78 is 0. The van der Waals surface area contributed by atoms with Gasteiger partial charge in [-0.2, -0.15) is 0 Å². The van der Waals surface area contributed by atoms with Crippen molar-refractivity contribution in [3.63, 3.8) is 0 Å². The van der Waals surface area contributed by atoms with Gasteiger partial charge in [0.05, 0.1) is 0 Å². The molecule has 1 aliphatic heterocycles. The van der Waals surface area contributed by atoms with E-state index in [1.165, 1.54) is 16.9 Å². The van der Waals surface area contributed by atoms with Gasteiger partial charge in [0.2, 0.25) is 16.9 Å². The van der Waals surface area contributed by atoms with Crippen LogP contribution in [-0.4, -0.2) is 28.6 Å².